The number of benzene rings is 2. The smallest absolute Gasteiger partial charge is 0.139 e. The van der Waals surface area contributed by atoms with E-state index in [9.17, 15) is 0 Å². The minimum atomic E-state index is 0.751. The van der Waals surface area contributed by atoms with Crippen LogP contribution in [0.2, 0.25) is 5.02 Å². The molecule has 15 heavy (non-hydrogen) atoms. The van der Waals surface area contributed by atoms with Crippen LogP contribution in [0, 0.1) is 6.92 Å². The van der Waals surface area contributed by atoms with Crippen molar-refractivity contribution in [2.24, 2.45) is 0 Å². The van der Waals surface area contributed by atoms with Crippen LogP contribution in [-0.2, 0) is 0 Å². The molecule has 0 fully saturated rings. The number of fused-ring (bicyclic) bond motifs is 3. The van der Waals surface area contributed by atoms with E-state index in [1.807, 2.05) is 37.3 Å². The molecular weight excluding hydrogens is 208 g/mol. The summed E-state index contributed by atoms with van der Waals surface area (Å²) in [4.78, 5) is 0. The summed E-state index contributed by atoms with van der Waals surface area (Å²) in [6.45, 7) is 1.98. The van der Waals surface area contributed by atoms with Crippen molar-refractivity contribution >= 4 is 33.5 Å². The number of rotatable bonds is 0. The van der Waals surface area contributed by atoms with Gasteiger partial charge in [0, 0.05) is 21.4 Å². The van der Waals surface area contributed by atoms with Crippen molar-refractivity contribution < 1.29 is 4.42 Å². The zero-order valence-corrected chi connectivity index (χ0v) is 9.01. The van der Waals surface area contributed by atoms with Gasteiger partial charge in [-0.25, -0.2) is 0 Å². The van der Waals surface area contributed by atoms with E-state index in [-0.39, 0.29) is 0 Å². The van der Waals surface area contributed by atoms with Crippen LogP contribution >= 0.6 is 11.6 Å². The first-order valence-electron chi connectivity index (χ1n) is 4.84. The molecule has 0 radical (unpaired) electrons. The molecule has 0 N–H and O–H groups in total. The molecular formula is C13H9ClO. The summed E-state index contributed by atoms with van der Waals surface area (Å²) in [6, 6.07) is 12.0. The molecule has 0 saturated heterocycles. The van der Waals surface area contributed by atoms with Gasteiger partial charge in [0.1, 0.15) is 11.2 Å². The number of furan rings is 1. The zero-order chi connectivity index (χ0) is 10.4. The quantitative estimate of drug-likeness (QED) is 0.537. The van der Waals surface area contributed by atoms with Crippen molar-refractivity contribution in [3.63, 3.8) is 0 Å². The monoisotopic (exact) mass is 216 g/mol. The second-order valence-corrected chi connectivity index (χ2v) is 4.05. The van der Waals surface area contributed by atoms with Crippen LogP contribution in [0.15, 0.2) is 40.8 Å². The predicted molar refractivity (Wildman–Crippen MR) is 63.5 cm³/mol. The van der Waals surface area contributed by atoms with Crippen molar-refractivity contribution in [3.05, 3.63) is 47.0 Å². The molecule has 3 rings (SSSR count). The fraction of sp³-hybridized carbons (Fsp3) is 0.0769. The van der Waals surface area contributed by atoms with E-state index in [1.54, 1.807) is 0 Å². The van der Waals surface area contributed by atoms with Crippen molar-refractivity contribution in [3.8, 4) is 0 Å². The maximum absolute atomic E-state index is 6.06. The lowest BCUT2D eigenvalue weighted by atomic mass is 10.1. The van der Waals surface area contributed by atoms with Gasteiger partial charge in [0.15, 0.2) is 0 Å². The summed E-state index contributed by atoms with van der Waals surface area (Å²) in [5, 5.41) is 3.03. The van der Waals surface area contributed by atoms with Crippen LogP contribution in [0.25, 0.3) is 21.9 Å². The van der Waals surface area contributed by atoms with E-state index >= 15 is 0 Å². The number of halogens is 1. The Morgan fingerprint density at radius 1 is 1.00 bits per heavy atom. The first-order chi connectivity index (χ1) is 7.27. The highest BCUT2D eigenvalue weighted by Gasteiger charge is 2.09. The van der Waals surface area contributed by atoms with E-state index in [0.29, 0.717) is 0 Å². The molecule has 0 unspecified atom stereocenters. The third-order valence-electron chi connectivity index (χ3n) is 2.73. The SMILES string of the molecule is Cc1c(Cl)ccc2c1oc1ccccc12. The van der Waals surface area contributed by atoms with Crippen LogP contribution in [0.5, 0.6) is 0 Å². The van der Waals surface area contributed by atoms with Gasteiger partial charge in [-0.1, -0.05) is 29.8 Å². The summed E-state index contributed by atoms with van der Waals surface area (Å²) in [7, 11) is 0. The lowest BCUT2D eigenvalue weighted by Crippen LogP contribution is -1.74. The van der Waals surface area contributed by atoms with Crippen LogP contribution < -0.4 is 0 Å². The summed E-state index contributed by atoms with van der Waals surface area (Å²) < 4.78 is 5.78. The molecule has 0 spiro atoms. The number of para-hydroxylation sites is 1. The first-order valence-corrected chi connectivity index (χ1v) is 5.21. The Labute approximate surface area is 92.3 Å². The first kappa shape index (κ1) is 8.81. The van der Waals surface area contributed by atoms with Crippen LogP contribution in [0.1, 0.15) is 5.56 Å². The number of hydrogen-bond donors (Lipinski definition) is 0. The lowest BCUT2D eigenvalue weighted by molar-refractivity contribution is 0.666. The second kappa shape index (κ2) is 3.01. The van der Waals surface area contributed by atoms with Crippen molar-refractivity contribution in [2.75, 3.05) is 0 Å². The van der Waals surface area contributed by atoms with Gasteiger partial charge in [0.2, 0.25) is 0 Å². The van der Waals surface area contributed by atoms with Gasteiger partial charge < -0.3 is 4.42 Å². The molecule has 0 amide bonds. The molecule has 1 nitrogen and oxygen atoms in total. The van der Waals surface area contributed by atoms with Crippen LogP contribution in [-0.4, -0.2) is 0 Å². The minimum Gasteiger partial charge on any atom is -0.456 e. The molecule has 1 heterocycles. The lowest BCUT2D eigenvalue weighted by Gasteiger charge is -1.96. The predicted octanol–water partition coefficient (Wildman–Crippen LogP) is 4.55. The van der Waals surface area contributed by atoms with Gasteiger partial charge in [-0.2, -0.15) is 0 Å². The van der Waals surface area contributed by atoms with Crippen LogP contribution in [0.3, 0.4) is 0 Å². The molecule has 74 valence electrons. The summed E-state index contributed by atoms with van der Waals surface area (Å²) >= 11 is 6.06. The Balaban J connectivity index is 2.60. The van der Waals surface area contributed by atoms with E-state index in [0.717, 1.165) is 32.5 Å². The average Bonchev–Trinajstić information content (AvgIpc) is 2.63. The summed E-state index contributed by atoms with van der Waals surface area (Å²) in [5.41, 5.74) is 2.81. The van der Waals surface area contributed by atoms with Gasteiger partial charge in [0.05, 0.1) is 0 Å². The van der Waals surface area contributed by atoms with E-state index in [1.165, 1.54) is 0 Å². The largest absolute Gasteiger partial charge is 0.456 e. The van der Waals surface area contributed by atoms with Gasteiger partial charge in [-0.3, -0.25) is 0 Å². The Kier molecular flexibility index (Phi) is 1.77. The highest BCUT2D eigenvalue weighted by molar-refractivity contribution is 6.32. The standard InChI is InChI=1S/C13H9ClO/c1-8-11(14)7-6-10-9-4-2-3-5-12(9)15-13(8)10/h2-7H,1H3. The Bertz CT molecular complexity index is 652. The van der Waals surface area contributed by atoms with E-state index < -0.39 is 0 Å². The zero-order valence-electron chi connectivity index (χ0n) is 8.25. The van der Waals surface area contributed by atoms with Crippen molar-refractivity contribution in [1.29, 1.82) is 0 Å². The van der Waals surface area contributed by atoms with E-state index in [4.69, 9.17) is 16.0 Å². The fourth-order valence-corrected chi connectivity index (χ4v) is 2.05. The molecule has 0 aliphatic carbocycles. The molecule has 0 aliphatic rings. The highest BCUT2D eigenvalue weighted by atomic mass is 35.5. The van der Waals surface area contributed by atoms with Crippen molar-refractivity contribution in [2.45, 2.75) is 6.92 Å². The molecule has 0 atom stereocenters. The van der Waals surface area contributed by atoms with Gasteiger partial charge in [-0.15, -0.1) is 0 Å². The number of aryl methyl sites for hydroxylation is 1. The third kappa shape index (κ3) is 1.17. The highest BCUT2D eigenvalue weighted by Crippen LogP contribution is 2.33. The Morgan fingerprint density at radius 2 is 1.80 bits per heavy atom. The van der Waals surface area contributed by atoms with Crippen LogP contribution in [0.4, 0.5) is 0 Å². The van der Waals surface area contributed by atoms with E-state index in [2.05, 4.69) is 6.07 Å². The maximum Gasteiger partial charge on any atom is 0.139 e. The average molecular weight is 217 g/mol. The summed E-state index contributed by atoms with van der Waals surface area (Å²) in [6.07, 6.45) is 0. The molecule has 2 heteroatoms. The minimum absolute atomic E-state index is 0.751. The maximum atomic E-state index is 6.06. The molecule has 0 saturated carbocycles. The second-order valence-electron chi connectivity index (χ2n) is 3.65. The normalized spacial score (nSPS) is 11.3. The molecule has 2 aromatic carbocycles. The topological polar surface area (TPSA) is 13.1 Å². The van der Waals surface area contributed by atoms with Gasteiger partial charge in [-0.05, 0) is 25.1 Å². The Hall–Kier alpha value is -1.47. The molecule has 1 aromatic heterocycles. The molecule has 0 aliphatic heterocycles. The summed E-state index contributed by atoms with van der Waals surface area (Å²) in [5.74, 6) is 0. The molecule has 3 aromatic rings. The number of hydrogen-bond acceptors (Lipinski definition) is 1. The van der Waals surface area contributed by atoms with Crippen molar-refractivity contribution in [1.82, 2.24) is 0 Å². The van der Waals surface area contributed by atoms with Gasteiger partial charge >= 0.3 is 0 Å². The third-order valence-corrected chi connectivity index (χ3v) is 3.14. The van der Waals surface area contributed by atoms with Gasteiger partial charge in [0.25, 0.3) is 0 Å². The molecule has 0 bridgehead atoms. The Morgan fingerprint density at radius 3 is 2.67 bits per heavy atom. The fourth-order valence-electron chi connectivity index (χ4n) is 1.90.